The van der Waals surface area contributed by atoms with Crippen molar-refractivity contribution in [3.63, 3.8) is 0 Å². The Morgan fingerprint density at radius 2 is 1.83 bits per heavy atom. The topological polar surface area (TPSA) is 39.7 Å². The quantitative estimate of drug-likeness (QED) is 0.265. The highest BCUT2D eigenvalue weighted by molar-refractivity contribution is 14.0. The van der Waals surface area contributed by atoms with E-state index in [1.165, 1.54) is 50.9 Å². The summed E-state index contributed by atoms with van der Waals surface area (Å²) in [6.07, 6.45) is 5.19. The summed E-state index contributed by atoms with van der Waals surface area (Å²) in [5.41, 5.74) is 1.17. The number of likely N-dealkylation sites (tertiary alicyclic amines) is 1. The highest BCUT2D eigenvalue weighted by atomic mass is 127. The zero-order valence-electron chi connectivity index (χ0n) is 14.6. The van der Waals surface area contributed by atoms with Crippen LogP contribution >= 0.6 is 35.6 Å². The Morgan fingerprint density at radius 1 is 1.12 bits per heavy atom. The maximum absolute atomic E-state index is 5.91. The number of aliphatic imine (C=N–C) groups is 1. The van der Waals surface area contributed by atoms with Gasteiger partial charge < -0.3 is 15.5 Å². The van der Waals surface area contributed by atoms with E-state index in [1.807, 2.05) is 24.3 Å². The summed E-state index contributed by atoms with van der Waals surface area (Å²) in [6, 6.07) is 7.85. The van der Waals surface area contributed by atoms with Crippen molar-refractivity contribution in [2.45, 2.75) is 39.2 Å². The van der Waals surface area contributed by atoms with E-state index in [2.05, 4.69) is 27.4 Å². The molecule has 4 nitrogen and oxygen atoms in total. The lowest BCUT2D eigenvalue weighted by Gasteiger charge is -2.15. The van der Waals surface area contributed by atoms with Gasteiger partial charge in [-0.25, -0.2) is 4.99 Å². The number of hydrogen-bond acceptors (Lipinski definition) is 2. The van der Waals surface area contributed by atoms with Gasteiger partial charge in [0.05, 0.1) is 6.54 Å². The van der Waals surface area contributed by atoms with Crippen LogP contribution < -0.4 is 10.6 Å². The zero-order chi connectivity index (χ0) is 16.3. The highest BCUT2D eigenvalue weighted by Crippen LogP contribution is 2.10. The molecule has 1 fully saturated rings. The van der Waals surface area contributed by atoms with Crippen molar-refractivity contribution in [1.29, 1.82) is 0 Å². The molecule has 0 amide bonds. The van der Waals surface area contributed by atoms with Gasteiger partial charge >= 0.3 is 0 Å². The molecule has 1 saturated heterocycles. The number of hydrogen-bond donors (Lipinski definition) is 2. The van der Waals surface area contributed by atoms with E-state index < -0.39 is 0 Å². The summed E-state index contributed by atoms with van der Waals surface area (Å²) in [4.78, 5) is 7.20. The number of unbranched alkanes of at least 4 members (excludes halogenated alkanes) is 1. The van der Waals surface area contributed by atoms with Crippen LogP contribution in [0.5, 0.6) is 0 Å². The van der Waals surface area contributed by atoms with E-state index in [9.17, 15) is 0 Å². The molecule has 1 aromatic carbocycles. The lowest BCUT2D eigenvalue weighted by Crippen LogP contribution is -2.38. The van der Waals surface area contributed by atoms with Gasteiger partial charge in [0.15, 0.2) is 5.96 Å². The second kappa shape index (κ2) is 12.8. The summed E-state index contributed by atoms with van der Waals surface area (Å²) >= 11 is 5.91. The molecule has 0 unspecified atom stereocenters. The second-order valence-corrected chi connectivity index (χ2v) is 6.44. The second-order valence-electron chi connectivity index (χ2n) is 6.00. The van der Waals surface area contributed by atoms with Crippen molar-refractivity contribution < 1.29 is 0 Å². The van der Waals surface area contributed by atoms with E-state index in [0.29, 0.717) is 6.54 Å². The van der Waals surface area contributed by atoms with Crippen LogP contribution in [0.25, 0.3) is 0 Å². The third kappa shape index (κ3) is 8.53. The van der Waals surface area contributed by atoms with Crippen LogP contribution in [-0.2, 0) is 6.54 Å². The molecule has 0 atom stereocenters. The molecule has 24 heavy (non-hydrogen) atoms. The first-order valence-electron chi connectivity index (χ1n) is 8.77. The van der Waals surface area contributed by atoms with Crippen LogP contribution in [-0.4, -0.2) is 43.6 Å². The van der Waals surface area contributed by atoms with E-state index >= 15 is 0 Å². The zero-order valence-corrected chi connectivity index (χ0v) is 17.6. The molecule has 2 rings (SSSR count). The highest BCUT2D eigenvalue weighted by Gasteiger charge is 2.09. The Hall–Kier alpha value is -0.530. The van der Waals surface area contributed by atoms with Crippen LogP contribution in [0.2, 0.25) is 5.02 Å². The third-order valence-corrected chi connectivity index (χ3v) is 4.32. The number of nitrogens with zero attached hydrogens (tertiary/aromatic N) is 2. The SMILES string of the molecule is CCNC(=NCc1ccc(Cl)cc1)NCCCCN1CCCC1.I. The van der Waals surface area contributed by atoms with E-state index in [1.54, 1.807) is 0 Å². The lowest BCUT2D eigenvalue weighted by molar-refractivity contribution is 0.330. The molecule has 0 aromatic heterocycles. The smallest absolute Gasteiger partial charge is 0.191 e. The van der Waals surface area contributed by atoms with Gasteiger partial charge in [0.1, 0.15) is 0 Å². The van der Waals surface area contributed by atoms with Gasteiger partial charge in [-0.3, -0.25) is 0 Å². The minimum absolute atomic E-state index is 0. The van der Waals surface area contributed by atoms with Gasteiger partial charge in [-0.1, -0.05) is 23.7 Å². The van der Waals surface area contributed by atoms with Crippen LogP contribution in [0.4, 0.5) is 0 Å². The molecule has 1 aromatic rings. The molecule has 1 aliphatic heterocycles. The standard InChI is InChI=1S/C18H29ClN4.HI/c1-2-20-18(22-15-16-7-9-17(19)10-8-16)21-11-3-4-12-23-13-5-6-14-23;/h7-10H,2-6,11-15H2,1H3,(H2,20,21,22);1H. The fourth-order valence-electron chi connectivity index (χ4n) is 2.78. The fraction of sp³-hybridized carbons (Fsp3) is 0.611. The maximum Gasteiger partial charge on any atom is 0.191 e. The average Bonchev–Trinajstić information content (AvgIpc) is 3.07. The Labute approximate surface area is 168 Å². The molecule has 0 radical (unpaired) electrons. The van der Waals surface area contributed by atoms with E-state index in [4.69, 9.17) is 11.6 Å². The molecule has 2 N–H and O–H groups in total. The normalized spacial score (nSPS) is 15.2. The molecular formula is C18H30ClIN4. The maximum atomic E-state index is 5.91. The van der Waals surface area contributed by atoms with Crippen molar-refractivity contribution in [2.24, 2.45) is 4.99 Å². The molecule has 0 aliphatic carbocycles. The van der Waals surface area contributed by atoms with Gasteiger partial charge in [-0.15, -0.1) is 24.0 Å². The molecule has 136 valence electrons. The van der Waals surface area contributed by atoms with Gasteiger partial charge in [0.25, 0.3) is 0 Å². The number of nitrogens with one attached hydrogen (secondary N) is 2. The molecule has 0 saturated carbocycles. The Balaban J connectivity index is 0.00000288. The Morgan fingerprint density at radius 3 is 2.50 bits per heavy atom. The Kier molecular flexibility index (Phi) is 11.5. The summed E-state index contributed by atoms with van der Waals surface area (Å²) in [6.45, 7) is 8.42. The van der Waals surface area contributed by atoms with Gasteiger partial charge in [0.2, 0.25) is 0 Å². The number of rotatable bonds is 8. The summed E-state index contributed by atoms with van der Waals surface area (Å²) in [5, 5.41) is 7.49. The molecule has 6 heteroatoms. The Bertz CT molecular complexity index is 472. The largest absolute Gasteiger partial charge is 0.357 e. The number of benzene rings is 1. The van der Waals surface area contributed by atoms with Gasteiger partial charge in [-0.05, 0) is 69.9 Å². The van der Waals surface area contributed by atoms with Gasteiger partial charge in [0, 0.05) is 18.1 Å². The molecular weight excluding hydrogens is 435 g/mol. The summed E-state index contributed by atoms with van der Waals surface area (Å²) in [5.74, 6) is 0.892. The van der Waals surface area contributed by atoms with Crippen molar-refractivity contribution in [3.8, 4) is 0 Å². The molecule has 1 heterocycles. The molecule has 0 spiro atoms. The first-order chi connectivity index (χ1) is 11.3. The third-order valence-electron chi connectivity index (χ3n) is 4.07. The predicted octanol–water partition coefficient (Wildman–Crippen LogP) is 3.89. The monoisotopic (exact) mass is 464 g/mol. The first kappa shape index (κ1) is 21.5. The van der Waals surface area contributed by atoms with Gasteiger partial charge in [-0.2, -0.15) is 0 Å². The molecule has 0 bridgehead atoms. The first-order valence-corrected chi connectivity index (χ1v) is 9.14. The van der Waals surface area contributed by atoms with Crippen LogP contribution in [0.1, 0.15) is 38.2 Å². The van der Waals surface area contributed by atoms with Crippen LogP contribution in [0.3, 0.4) is 0 Å². The molecule has 1 aliphatic rings. The van der Waals surface area contributed by atoms with Crippen molar-refractivity contribution in [2.75, 3.05) is 32.7 Å². The van der Waals surface area contributed by atoms with Crippen LogP contribution in [0.15, 0.2) is 29.3 Å². The fourth-order valence-corrected chi connectivity index (χ4v) is 2.90. The average molecular weight is 465 g/mol. The predicted molar refractivity (Wildman–Crippen MR) is 115 cm³/mol. The van der Waals surface area contributed by atoms with Crippen molar-refractivity contribution >= 4 is 41.5 Å². The lowest BCUT2D eigenvalue weighted by atomic mass is 10.2. The minimum Gasteiger partial charge on any atom is -0.357 e. The van der Waals surface area contributed by atoms with Crippen LogP contribution in [0, 0.1) is 0 Å². The summed E-state index contributed by atoms with van der Waals surface area (Å²) in [7, 11) is 0. The summed E-state index contributed by atoms with van der Waals surface area (Å²) < 4.78 is 0. The van der Waals surface area contributed by atoms with Crippen molar-refractivity contribution in [3.05, 3.63) is 34.9 Å². The van der Waals surface area contributed by atoms with E-state index in [-0.39, 0.29) is 24.0 Å². The van der Waals surface area contributed by atoms with E-state index in [0.717, 1.165) is 24.1 Å². The number of halogens is 2. The minimum atomic E-state index is 0. The van der Waals surface area contributed by atoms with Crippen molar-refractivity contribution in [1.82, 2.24) is 15.5 Å². The number of guanidine groups is 1.